The summed E-state index contributed by atoms with van der Waals surface area (Å²) in [5.74, 6) is 0.625. The highest BCUT2D eigenvalue weighted by atomic mass is 16.5. The third kappa shape index (κ3) is 4.03. The van der Waals surface area contributed by atoms with Crippen molar-refractivity contribution in [3.63, 3.8) is 0 Å². The number of nitrogens with one attached hydrogen (secondary N) is 1. The van der Waals surface area contributed by atoms with E-state index in [-0.39, 0.29) is 24.4 Å². The van der Waals surface area contributed by atoms with Crippen LogP contribution in [0.25, 0.3) is 0 Å². The molecular weight excluding hydrogens is 324 g/mol. The molecule has 132 valence electrons. The van der Waals surface area contributed by atoms with Crippen LogP contribution >= 0.6 is 0 Å². The maximum Gasteiger partial charge on any atom is 0.251 e. The van der Waals surface area contributed by atoms with Gasteiger partial charge in [0.1, 0.15) is 6.04 Å². The summed E-state index contributed by atoms with van der Waals surface area (Å²) in [6, 6.07) is 8.68. The molecule has 8 heteroatoms. The topological polar surface area (TPSA) is 97.6 Å². The van der Waals surface area contributed by atoms with Crippen molar-refractivity contribution >= 4 is 11.8 Å². The van der Waals surface area contributed by atoms with E-state index in [1.165, 1.54) is 0 Å². The molecule has 1 aromatic carbocycles. The summed E-state index contributed by atoms with van der Waals surface area (Å²) in [6.45, 7) is 1.11. The van der Waals surface area contributed by atoms with Crippen molar-refractivity contribution in [2.75, 3.05) is 20.3 Å². The lowest BCUT2D eigenvalue weighted by Crippen LogP contribution is -2.31. The molecule has 0 saturated carbocycles. The van der Waals surface area contributed by atoms with Gasteiger partial charge in [-0.25, -0.2) is 0 Å². The van der Waals surface area contributed by atoms with E-state index in [9.17, 15) is 9.59 Å². The standard InChI is InChI=1S/C17H20N4O4/c1-24-10-9-21-13(7-8-15(21)22)17-19-14(20-25-17)11-18-16(23)12-5-3-2-4-6-12/h2-6,13H,7-11H2,1H3,(H,18,23)/t13-/m0/s1. The molecule has 3 rings (SSSR count). The second-order valence-corrected chi connectivity index (χ2v) is 5.73. The van der Waals surface area contributed by atoms with Crippen LogP contribution < -0.4 is 5.32 Å². The van der Waals surface area contributed by atoms with Gasteiger partial charge in [-0.3, -0.25) is 9.59 Å². The van der Waals surface area contributed by atoms with Crippen molar-refractivity contribution in [3.8, 4) is 0 Å². The van der Waals surface area contributed by atoms with Crippen LogP contribution in [0.2, 0.25) is 0 Å². The summed E-state index contributed by atoms with van der Waals surface area (Å²) in [5, 5.41) is 6.65. The number of amides is 2. The minimum atomic E-state index is -0.228. The number of benzene rings is 1. The number of ether oxygens (including phenoxy) is 1. The number of nitrogens with zero attached hydrogens (tertiary/aromatic N) is 3. The normalized spacial score (nSPS) is 17.1. The van der Waals surface area contributed by atoms with E-state index in [1.807, 2.05) is 6.07 Å². The highest BCUT2D eigenvalue weighted by Crippen LogP contribution is 2.31. The molecule has 0 unspecified atom stereocenters. The zero-order chi connectivity index (χ0) is 17.6. The first-order valence-corrected chi connectivity index (χ1v) is 8.13. The van der Waals surface area contributed by atoms with Crippen LogP contribution in [-0.4, -0.2) is 47.1 Å². The van der Waals surface area contributed by atoms with Gasteiger partial charge in [-0.05, 0) is 18.6 Å². The Balaban J connectivity index is 1.60. The zero-order valence-electron chi connectivity index (χ0n) is 14.0. The molecule has 0 radical (unpaired) electrons. The molecule has 0 spiro atoms. The van der Waals surface area contributed by atoms with Gasteiger partial charge in [-0.15, -0.1) is 0 Å². The molecule has 1 saturated heterocycles. The average Bonchev–Trinajstić information content (AvgIpc) is 3.25. The molecule has 0 aliphatic carbocycles. The van der Waals surface area contributed by atoms with Crippen LogP contribution in [0.1, 0.15) is 41.0 Å². The summed E-state index contributed by atoms with van der Waals surface area (Å²) in [4.78, 5) is 30.0. The summed E-state index contributed by atoms with van der Waals surface area (Å²) < 4.78 is 10.3. The zero-order valence-corrected chi connectivity index (χ0v) is 14.0. The molecule has 1 atom stereocenters. The van der Waals surface area contributed by atoms with Crippen molar-refractivity contribution in [3.05, 3.63) is 47.6 Å². The lowest BCUT2D eigenvalue weighted by Gasteiger charge is -2.21. The smallest absolute Gasteiger partial charge is 0.251 e. The minimum Gasteiger partial charge on any atom is -0.383 e. The molecule has 2 amide bonds. The lowest BCUT2D eigenvalue weighted by molar-refractivity contribution is -0.130. The van der Waals surface area contributed by atoms with Crippen molar-refractivity contribution in [1.82, 2.24) is 20.4 Å². The fourth-order valence-corrected chi connectivity index (χ4v) is 2.79. The first kappa shape index (κ1) is 17.1. The van der Waals surface area contributed by atoms with Crippen molar-refractivity contribution in [1.29, 1.82) is 0 Å². The Morgan fingerprint density at radius 1 is 1.40 bits per heavy atom. The van der Waals surface area contributed by atoms with Crippen molar-refractivity contribution in [2.24, 2.45) is 0 Å². The highest BCUT2D eigenvalue weighted by molar-refractivity contribution is 5.93. The fourth-order valence-electron chi connectivity index (χ4n) is 2.79. The number of carbonyl (C=O) groups excluding carboxylic acids is 2. The highest BCUT2D eigenvalue weighted by Gasteiger charge is 2.35. The Kier molecular flexibility index (Phi) is 5.39. The van der Waals surface area contributed by atoms with E-state index in [0.717, 1.165) is 0 Å². The molecule has 1 N–H and O–H groups in total. The number of hydrogen-bond donors (Lipinski definition) is 1. The largest absolute Gasteiger partial charge is 0.383 e. The van der Waals surface area contributed by atoms with Crippen LogP contribution in [0.5, 0.6) is 0 Å². The first-order chi connectivity index (χ1) is 12.2. The van der Waals surface area contributed by atoms with Gasteiger partial charge in [0.2, 0.25) is 11.8 Å². The van der Waals surface area contributed by atoms with Crippen LogP contribution in [0.4, 0.5) is 0 Å². The lowest BCUT2D eigenvalue weighted by atomic mass is 10.2. The summed E-state index contributed by atoms with van der Waals surface area (Å²) in [5.41, 5.74) is 0.568. The number of aromatic nitrogens is 2. The Morgan fingerprint density at radius 2 is 2.20 bits per heavy atom. The molecule has 25 heavy (non-hydrogen) atoms. The molecule has 1 aliphatic heterocycles. The second kappa shape index (κ2) is 7.89. The summed E-state index contributed by atoms with van der Waals surface area (Å²) >= 11 is 0. The minimum absolute atomic E-state index is 0.0548. The van der Waals surface area contributed by atoms with Gasteiger partial charge in [-0.2, -0.15) is 4.98 Å². The van der Waals surface area contributed by atoms with E-state index >= 15 is 0 Å². The van der Waals surface area contributed by atoms with E-state index in [1.54, 1.807) is 36.3 Å². The molecule has 2 aromatic rings. The maximum absolute atomic E-state index is 12.0. The van der Waals surface area contributed by atoms with Gasteiger partial charge < -0.3 is 19.5 Å². The van der Waals surface area contributed by atoms with E-state index in [4.69, 9.17) is 9.26 Å². The predicted molar refractivity (Wildman–Crippen MR) is 87.5 cm³/mol. The van der Waals surface area contributed by atoms with Gasteiger partial charge in [0.15, 0.2) is 5.82 Å². The number of carbonyl (C=O) groups is 2. The van der Waals surface area contributed by atoms with Crippen LogP contribution in [0.3, 0.4) is 0 Å². The fraction of sp³-hybridized carbons (Fsp3) is 0.412. The number of methoxy groups -OCH3 is 1. The van der Waals surface area contributed by atoms with Gasteiger partial charge in [0, 0.05) is 25.6 Å². The van der Waals surface area contributed by atoms with Crippen molar-refractivity contribution < 1.29 is 18.8 Å². The predicted octanol–water partition coefficient (Wildman–Crippen LogP) is 1.31. The Morgan fingerprint density at radius 3 is 2.96 bits per heavy atom. The quantitative estimate of drug-likeness (QED) is 0.813. The third-order valence-electron chi connectivity index (χ3n) is 4.08. The third-order valence-corrected chi connectivity index (χ3v) is 4.08. The second-order valence-electron chi connectivity index (χ2n) is 5.73. The monoisotopic (exact) mass is 344 g/mol. The van der Waals surface area contributed by atoms with Crippen molar-refractivity contribution in [2.45, 2.75) is 25.4 Å². The van der Waals surface area contributed by atoms with Gasteiger partial charge in [0.05, 0.1) is 13.2 Å². The molecule has 8 nitrogen and oxygen atoms in total. The Hall–Kier alpha value is -2.74. The number of rotatable bonds is 7. The van der Waals surface area contributed by atoms with Crippen LogP contribution in [-0.2, 0) is 16.1 Å². The SMILES string of the molecule is COCCN1C(=O)CC[C@H]1c1nc(CNC(=O)c2ccccc2)no1. The van der Waals surface area contributed by atoms with Gasteiger partial charge in [0.25, 0.3) is 5.91 Å². The van der Waals surface area contributed by atoms with E-state index < -0.39 is 0 Å². The summed E-state index contributed by atoms with van der Waals surface area (Å²) in [7, 11) is 1.59. The first-order valence-electron chi connectivity index (χ1n) is 8.13. The Labute approximate surface area is 145 Å². The summed E-state index contributed by atoms with van der Waals surface area (Å²) in [6.07, 6.45) is 1.09. The van der Waals surface area contributed by atoms with Crippen LogP contribution in [0.15, 0.2) is 34.9 Å². The van der Waals surface area contributed by atoms with Gasteiger partial charge >= 0.3 is 0 Å². The molecule has 1 aliphatic rings. The molecule has 0 bridgehead atoms. The number of hydrogen-bond acceptors (Lipinski definition) is 6. The average molecular weight is 344 g/mol. The maximum atomic E-state index is 12.0. The van der Waals surface area contributed by atoms with E-state index in [2.05, 4.69) is 15.5 Å². The van der Waals surface area contributed by atoms with Crippen LogP contribution in [0, 0.1) is 0 Å². The molecule has 2 heterocycles. The van der Waals surface area contributed by atoms with Gasteiger partial charge in [-0.1, -0.05) is 23.4 Å². The van der Waals surface area contributed by atoms with E-state index in [0.29, 0.717) is 43.3 Å². The molecule has 1 fully saturated rings. The number of likely N-dealkylation sites (tertiary alicyclic amines) is 1. The Bertz CT molecular complexity index is 731. The molecular formula is C17H20N4O4. The molecule has 1 aromatic heterocycles.